The lowest BCUT2D eigenvalue weighted by molar-refractivity contribution is 0.634. The van der Waals surface area contributed by atoms with Crippen LogP contribution in [0.25, 0.3) is 16.7 Å². The number of halogens is 1. The van der Waals surface area contributed by atoms with Crippen molar-refractivity contribution in [1.29, 1.82) is 0 Å². The highest BCUT2D eigenvalue weighted by Crippen LogP contribution is 2.17. The van der Waals surface area contributed by atoms with Crippen molar-refractivity contribution >= 4 is 11.0 Å². The number of imidazole rings is 1. The number of pyridine rings is 1. The van der Waals surface area contributed by atoms with Gasteiger partial charge in [-0.1, -0.05) is 6.07 Å². The third kappa shape index (κ3) is 1.52. The summed E-state index contributed by atoms with van der Waals surface area (Å²) in [6.07, 6.45) is 1.55. The molecule has 0 saturated heterocycles. The molecule has 1 N–H and O–H groups in total. The van der Waals surface area contributed by atoms with E-state index in [1.807, 2.05) is 6.92 Å². The minimum atomic E-state index is -0.438. The van der Waals surface area contributed by atoms with Gasteiger partial charge in [0, 0.05) is 5.69 Å². The van der Waals surface area contributed by atoms with E-state index in [2.05, 4.69) is 9.97 Å². The second kappa shape index (κ2) is 3.80. The summed E-state index contributed by atoms with van der Waals surface area (Å²) in [7, 11) is 0. The number of fused-ring (bicyclic) bond motifs is 1. The molecule has 0 bridgehead atoms. The predicted molar refractivity (Wildman–Crippen MR) is 66.4 cm³/mol. The molecule has 18 heavy (non-hydrogen) atoms. The zero-order chi connectivity index (χ0) is 12.7. The van der Waals surface area contributed by atoms with Gasteiger partial charge in [0.15, 0.2) is 0 Å². The second-order valence-corrected chi connectivity index (χ2v) is 4.06. The van der Waals surface area contributed by atoms with Gasteiger partial charge in [0.2, 0.25) is 0 Å². The van der Waals surface area contributed by atoms with Crippen LogP contribution in [-0.4, -0.2) is 14.5 Å². The van der Waals surface area contributed by atoms with Crippen LogP contribution in [0.1, 0.15) is 5.69 Å². The highest BCUT2D eigenvalue weighted by Gasteiger charge is 2.12. The Morgan fingerprint density at radius 1 is 1.28 bits per heavy atom. The van der Waals surface area contributed by atoms with E-state index in [9.17, 15) is 9.18 Å². The van der Waals surface area contributed by atoms with Gasteiger partial charge in [0.1, 0.15) is 11.3 Å². The number of benzene rings is 1. The lowest BCUT2D eigenvalue weighted by Gasteiger charge is -2.03. The summed E-state index contributed by atoms with van der Waals surface area (Å²) in [6, 6.07) is 8.07. The topological polar surface area (TPSA) is 50.7 Å². The molecule has 0 aliphatic rings. The van der Waals surface area contributed by atoms with Gasteiger partial charge in [0.25, 0.3) is 0 Å². The molecule has 5 heteroatoms. The molecule has 1 aromatic carbocycles. The van der Waals surface area contributed by atoms with Crippen molar-refractivity contribution in [2.24, 2.45) is 0 Å². The van der Waals surface area contributed by atoms with E-state index in [0.717, 1.165) is 5.69 Å². The maximum Gasteiger partial charge on any atom is 0.331 e. The fourth-order valence-electron chi connectivity index (χ4n) is 1.95. The fourth-order valence-corrected chi connectivity index (χ4v) is 1.95. The highest BCUT2D eigenvalue weighted by atomic mass is 19.1. The molecule has 3 aromatic rings. The van der Waals surface area contributed by atoms with Gasteiger partial charge in [-0.2, -0.15) is 0 Å². The van der Waals surface area contributed by atoms with Crippen LogP contribution in [0.4, 0.5) is 4.39 Å². The first kappa shape index (κ1) is 10.7. The van der Waals surface area contributed by atoms with E-state index in [4.69, 9.17) is 0 Å². The number of rotatable bonds is 1. The summed E-state index contributed by atoms with van der Waals surface area (Å²) in [6.45, 7) is 1.85. The van der Waals surface area contributed by atoms with Gasteiger partial charge in [-0.25, -0.2) is 9.18 Å². The standard InChI is InChI=1S/C13H10FN3O/c1-8-5-6-9(7-15-8)17-12-10(14)3-2-4-11(12)16-13(17)18/h2-7H,1H3,(H,16,18). The van der Waals surface area contributed by atoms with Crippen molar-refractivity contribution < 1.29 is 4.39 Å². The van der Waals surface area contributed by atoms with Crippen molar-refractivity contribution in [1.82, 2.24) is 14.5 Å². The molecule has 90 valence electrons. The van der Waals surface area contributed by atoms with Crippen molar-refractivity contribution in [2.75, 3.05) is 0 Å². The van der Waals surface area contributed by atoms with Crippen LogP contribution in [0.3, 0.4) is 0 Å². The van der Waals surface area contributed by atoms with Gasteiger partial charge in [0.05, 0.1) is 17.4 Å². The predicted octanol–water partition coefficient (Wildman–Crippen LogP) is 2.16. The zero-order valence-electron chi connectivity index (χ0n) is 9.64. The van der Waals surface area contributed by atoms with Crippen molar-refractivity contribution in [2.45, 2.75) is 6.92 Å². The van der Waals surface area contributed by atoms with Crippen LogP contribution in [-0.2, 0) is 0 Å². The Morgan fingerprint density at radius 3 is 2.83 bits per heavy atom. The molecule has 0 fully saturated rings. The van der Waals surface area contributed by atoms with Gasteiger partial charge < -0.3 is 4.98 Å². The summed E-state index contributed by atoms with van der Waals surface area (Å²) >= 11 is 0. The first-order chi connectivity index (χ1) is 8.66. The second-order valence-electron chi connectivity index (χ2n) is 4.06. The largest absolute Gasteiger partial charge is 0.331 e. The van der Waals surface area contributed by atoms with Gasteiger partial charge in [-0.05, 0) is 31.2 Å². The molecule has 0 amide bonds. The van der Waals surface area contributed by atoms with Crippen LogP contribution in [0.2, 0.25) is 0 Å². The average Bonchev–Trinajstić information content (AvgIpc) is 2.68. The van der Waals surface area contributed by atoms with Crippen LogP contribution in [0.15, 0.2) is 41.3 Å². The third-order valence-electron chi connectivity index (χ3n) is 2.81. The zero-order valence-corrected chi connectivity index (χ0v) is 9.64. The summed E-state index contributed by atoms with van der Waals surface area (Å²) in [5, 5.41) is 0. The Balaban J connectivity index is 2.38. The van der Waals surface area contributed by atoms with Gasteiger partial charge in [-0.3, -0.25) is 9.55 Å². The Bertz CT molecular complexity index is 771. The molecule has 2 heterocycles. The highest BCUT2D eigenvalue weighted by molar-refractivity contribution is 5.77. The summed E-state index contributed by atoms with van der Waals surface area (Å²) < 4.78 is 15.1. The summed E-state index contributed by atoms with van der Waals surface area (Å²) in [4.78, 5) is 18.6. The molecule has 0 saturated carbocycles. The van der Waals surface area contributed by atoms with Crippen molar-refractivity contribution in [3.05, 3.63) is 58.5 Å². The third-order valence-corrected chi connectivity index (χ3v) is 2.81. The lowest BCUT2D eigenvalue weighted by Crippen LogP contribution is -2.15. The molecule has 0 unspecified atom stereocenters. The van der Waals surface area contributed by atoms with E-state index in [1.54, 1.807) is 30.5 Å². The average molecular weight is 243 g/mol. The molecule has 4 nitrogen and oxygen atoms in total. The Kier molecular flexibility index (Phi) is 2.26. The van der Waals surface area contributed by atoms with Gasteiger partial charge in [-0.15, -0.1) is 0 Å². The quantitative estimate of drug-likeness (QED) is 0.712. The Hall–Kier alpha value is -2.43. The number of aromatic nitrogens is 3. The van der Waals surface area contributed by atoms with E-state index < -0.39 is 5.82 Å². The van der Waals surface area contributed by atoms with E-state index in [0.29, 0.717) is 11.2 Å². The molecule has 0 aliphatic carbocycles. The summed E-state index contributed by atoms with van der Waals surface area (Å²) in [5.74, 6) is -0.438. The first-order valence-corrected chi connectivity index (χ1v) is 5.49. The summed E-state index contributed by atoms with van der Waals surface area (Å²) in [5.41, 5.74) is 1.73. The number of nitrogens with zero attached hydrogens (tertiary/aromatic N) is 2. The maximum absolute atomic E-state index is 13.8. The molecule has 0 atom stereocenters. The smallest absolute Gasteiger partial charge is 0.305 e. The molecule has 3 rings (SSSR count). The molecule has 2 aromatic heterocycles. The van der Waals surface area contributed by atoms with Crippen LogP contribution >= 0.6 is 0 Å². The van der Waals surface area contributed by atoms with Crippen LogP contribution in [0.5, 0.6) is 0 Å². The molecular weight excluding hydrogens is 233 g/mol. The van der Waals surface area contributed by atoms with Crippen LogP contribution in [0, 0.1) is 12.7 Å². The molecular formula is C13H10FN3O. The van der Waals surface area contributed by atoms with Crippen LogP contribution < -0.4 is 5.69 Å². The van der Waals surface area contributed by atoms with Crippen molar-refractivity contribution in [3.8, 4) is 5.69 Å². The minimum absolute atomic E-state index is 0.244. The number of para-hydroxylation sites is 1. The number of hydrogen-bond donors (Lipinski definition) is 1. The van der Waals surface area contributed by atoms with E-state index >= 15 is 0 Å². The first-order valence-electron chi connectivity index (χ1n) is 5.49. The lowest BCUT2D eigenvalue weighted by atomic mass is 10.3. The number of hydrogen-bond acceptors (Lipinski definition) is 2. The normalized spacial score (nSPS) is 11.0. The number of aryl methyl sites for hydroxylation is 1. The Labute approximate surface area is 102 Å². The van der Waals surface area contributed by atoms with Crippen molar-refractivity contribution in [3.63, 3.8) is 0 Å². The van der Waals surface area contributed by atoms with E-state index in [-0.39, 0.29) is 11.2 Å². The molecule has 0 aliphatic heterocycles. The Morgan fingerprint density at radius 2 is 2.11 bits per heavy atom. The number of H-pyrrole nitrogens is 1. The number of aromatic amines is 1. The minimum Gasteiger partial charge on any atom is -0.305 e. The maximum atomic E-state index is 13.8. The molecule has 0 radical (unpaired) electrons. The fraction of sp³-hybridized carbons (Fsp3) is 0.0769. The SMILES string of the molecule is Cc1ccc(-n2c(=O)[nH]c3cccc(F)c32)cn1. The number of nitrogens with one attached hydrogen (secondary N) is 1. The van der Waals surface area contributed by atoms with Gasteiger partial charge >= 0.3 is 5.69 Å². The molecule has 0 spiro atoms. The monoisotopic (exact) mass is 243 g/mol. The van der Waals surface area contributed by atoms with E-state index in [1.165, 1.54) is 10.6 Å².